The number of hydrogen-bond acceptors (Lipinski definition) is 6. The van der Waals surface area contributed by atoms with Crippen molar-refractivity contribution in [3.8, 4) is 0 Å². The molecule has 2 aromatic rings. The van der Waals surface area contributed by atoms with Crippen LogP contribution >= 0.6 is 11.6 Å². The molecule has 28 heavy (non-hydrogen) atoms. The van der Waals surface area contributed by atoms with Crippen molar-refractivity contribution in [2.45, 2.75) is 12.6 Å². The van der Waals surface area contributed by atoms with Crippen LogP contribution in [0, 0.1) is 0 Å². The van der Waals surface area contributed by atoms with Gasteiger partial charge >= 0.3 is 6.18 Å². The van der Waals surface area contributed by atoms with Crippen LogP contribution in [0.4, 0.5) is 19.1 Å². The molecule has 0 spiro atoms. The number of nitrogens with one attached hydrogen (secondary N) is 2. The van der Waals surface area contributed by atoms with Gasteiger partial charge in [0.05, 0.1) is 34.1 Å². The summed E-state index contributed by atoms with van der Waals surface area (Å²) in [6.07, 6.45) is -0.943. The first-order chi connectivity index (χ1) is 13.4. The van der Waals surface area contributed by atoms with Crippen LogP contribution in [-0.4, -0.2) is 33.9 Å². The number of carbonyl (C=O) groups is 1. The molecule has 0 radical (unpaired) electrons. The molecule has 2 aliphatic rings. The Kier molecular flexibility index (Phi) is 4.60. The molecule has 1 amide bonds. The van der Waals surface area contributed by atoms with Crippen molar-refractivity contribution in [2.75, 3.05) is 18.1 Å². The van der Waals surface area contributed by atoms with E-state index in [1.54, 1.807) is 23.5 Å². The van der Waals surface area contributed by atoms with E-state index in [4.69, 9.17) is 11.6 Å². The normalized spacial score (nSPS) is 16.9. The van der Waals surface area contributed by atoms with E-state index < -0.39 is 22.7 Å². The molecule has 11 heteroatoms. The minimum Gasteiger partial charge on any atom is -0.332 e. The quantitative estimate of drug-likeness (QED) is 0.793. The molecule has 1 aromatic carbocycles. The number of hydrazine groups is 2. The molecule has 0 saturated carbocycles. The van der Waals surface area contributed by atoms with E-state index in [9.17, 15) is 18.0 Å². The van der Waals surface area contributed by atoms with E-state index in [1.165, 1.54) is 17.0 Å². The zero-order chi connectivity index (χ0) is 19.9. The van der Waals surface area contributed by atoms with Gasteiger partial charge in [-0.05, 0) is 18.2 Å². The van der Waals surface area contributed by atoms with E-state index in [1.807, 2.05) is 0 Å². The molecule has 4 rings (SSSR count). The first-order valence-corrected chi connectivity index (χ1v) is 8.70. The highest BCUT2D eigenvalue weighted by Gasteiger charge is 2.37. The van der Waals surface area contributed by atoms with Gasteiger partial charge in [0.15, 0.2) is 0 Å². The molecule has 2 N–H and O–H groups in total. The van der Waals surface area contributed by atoms with Gasteiger partial charge in [-0.15, -0.1) is 5.53 Å². The number of nitrogens with zero attached hydrogens (tertiary/aromatic N) is 4. The fourth-order valence-corrected chi connectivity index (χ4v) is 3.45. The highest BCUT2D eigenvalue weighted by atomic mass is 35.5. The third-order valence-corrected chi connectivity index (χ3v) is 4.89. The average Bonchev–Trinajstić information content (AvgIpc) is 3.10. The summed E-state index contributed by atoms with van der Waals surface area (Å²) >= 11 is 5.89. The van der Waals surface area contributed by atoms with Crippen LogP contribution in [0.3, 0.4) is 0 Å². The molecule has 0 fully saturated rings. The Morgan fingerprint density at radius 2 is 1.93 bits per heavy atom. The number of rotatable bonds is 2. The van der Waals surface area contributed by atoms with E-state index in [2.05, 4.69) is 20.9 Å². The Hall–Kier alpha value is -2.85. The van der Waals surface area contributed by atoms with Gasteiger partial charge < -0.3 is 10.3 Å². The largest absolute Gasteiger partial charge is 0.417 e. The number of amides is 1. The standard InChI is InChI=1S/C17H14ClF3N6O/c18-14-10(3-1-4-11(14)17(19,20)21)15(28)26-8-5-13-12(9-26)24-25-27(13)16-22-6-2-7-23-16/h1-4,6-7,24-25H,5,8-9H2. The van der Waals surface area contributed by atoms with Gasteiger partial charge in [-0.2, -0.15) is 13.2 Å². The van der Waals surface area contributed by atoms with Crippen LogP contribution < -0.4 is 16.0 Å². The second kappa shape index (κ2) is 6.95. The van der Waals surface area contributed by atoms with Crippen molar-refractivity contribution in [2.24, 2.45) is 0 Å². The lowest BCUT2D eigenvalue weighted by atomic mass is 10.1. The summed E-state index contributed by atoms with van der Waals surface area (Å²) in [5.74, 6) is -0.112. The van der Waals surface area contributed by atoms with E-state index in [0.717, 1.165) is 17.5 Å². The van der Waals surface area contributed by atoms with Crippen LogP contribution in [0.25, 0.3) is 0 Å². The Morgan fingerprint density at radius 1 is 1.18 bits per heavy atom. The summed E-state index contributed by atoms with van der Waals surface area (Å²) in [4.78, 5) is 22.6. The van der Waals surface area contributed by atoms with Crippen molar-refractivity contribution in [1.29, 1.82) is 0 Å². The summed E-state index contributed by atoms with van der Waals surface area (Å²) < 4.78 is 39.2. The summed E-state index contributed by atoms with van der Waals surface area (Å²) in [5, 5.41) is 1.09. The van der Waals surface area contributed by atoms with Gasteiger partial charge in [0.1, 0.15) is 0 Å². The Bertz CT molecular complexity index is 950. The van der Waals surface area contributed by atoms with Crippen LogP contribution in [0.15, 0.2) is 48.1 Å². The Labute approximate surface area is 162 Å². The first-order valence-electron chi connectivity index (χ1n) is 8.32. The van der Waals surface area contributed by atoms with E-state index in [0.29, 0.717) is 18.9 Å². The van der Waals surface area contributed by atoms with Crippen molar-refractivity contribution < 1.29 is 18.0 Å². The minimum absolute atomic E-state index is 0.172. The molecule has 0 atom stereocenters. The zero-order valence-corrected chi connectivity index (χ0v) is 15.1. The summed E-state index contributed by atoms with van der Waals surface area (Å²) in [7, 11) is 0. The third-order valence-electron chi connectivity index (χ3n) is 4.48. The fourth-order valence-electron chi connectivity index (χ4n) is 3.14. The predicted molar refractivity (Wildman–Crippen MR) is 94.8 cm³/mol. The van der Waals surface area contributed by atoms with Crippen molar-refractivity contribution in [1.82, 2.24) is 25.8 Å². The molecule has 7 nitrogen and oxygen atoms in total. The molecule has 3 heterocycles. The van der Waals surface area contributed by atoms with Crippen molar-refractivity contribution in [3.05, 3.63) is 64.2 Å². The zero-order valence-electron chi connectivity index (χ0n) is 14.3. The number of alkyl halides is 3. The van der Waals surface area contributed by atoms with Crippen LogP contribution in [0.1, 0.15) is 22.3 Å². The molecule has 0 unspecified atom stereocenters. The van der Waals surface area contributed by atoms with E-state index in [-0.39, 0.29) is 12.1 Å². The summed E-state index contributed by atoms with van der Waals surface area (Å²) in [6.45, 7) is 0.508. The highest BCUT2D eigenvalue weighted by Crippen LogP contribution is 2.37. The molecule has 0 bridgehead atoms. The van der Waals surface area contributed by atoms with Gasteiger partial charge in [-0.25, -0.2) is 15.0 Å². The SMILES string of the molecule is O=C(c1cccc(C(F)(F)F)c1Cl)N1CCC2=C(C1)NNN2c1ncccn1. The first kappa shape index (κ1) is 18.5. The fraction of sp³-hybridized carbons (Fsp3) is 0.235. The number of halogens is 4. The van der Waals surface area contributed by atoms with Gasteiger partial charge in [0.2, 0.25) is 5.95 Å². The van der Waals surface area contributed by atoms with E-state index >= 15 is 0 Å². The van der Waals surface area contributed by atoms with Gasteiger partial charge in [-0.1, -0.05) is 17.7 Å². The monoisotopic (exact) mass is 410 g/mol. The molecule has 146 valence electrons. The lowest BCUT2D eigenvalue weighted by Crippen LogP contribution is -2.39. The second-order valence-corrected chi connectivity index (χ2v) is 6.57. The number of carbonyl (C=O) groups excluding carboxylic acids is 1. The number of hydrogen-bond donors (Lipinski definition) is 2. The van der Waals surface area contributed by atoms with Gasteiger partial charge in [0.25, 0.3) is 5.91 Å². The number of aromatic nitrogens is 2. The molecule has 0 saturated heterocycles. The lowest BCUT2D eigenvalue weighted by molar-refractivity contribution is -0.137. The Balaban J connectivity index is 1.57. The van der Waals surface area contributed by atoms with Crippen molar-refractivity contribution >= 4 is 23.5 Å². The van der Waals surface area contributed by atoms with Gasteiger partial charge in [-0.3, -0.25) is 4.79 Å². The molecule has 1 aromatic heterocycles. The number of benzene rings is 1. The van der Waals surface area contributed by atoms with Crippen LogP contribution in [-0.2, 0) is 6.18 Å². The maximum absolute atomic E-state index is 13.1. The van der Waals surface area contributed by atoms with Gasteiger partial charge in [0, 0.05) is 25.4 Å². The molecule has 0 aliphatic carbocycles. The summed E-state index contributed by atoms with van der Waals surface area (Å²) in [6, 6.07) is 5.03. The average molecular weight is 411 g/mol. The maximum Gasteiger partial charge on any atom is 0.417 e. The predicted octanol–water partition coefficient (Wildman–Crippen LogP) is 2.74. The number of anilines is 1. The summed E-state index contributed by atoms with van der Waals surface area (Å²) in [5.41, 5.74) is 6.28. The smallest absolute Gasteiger partial charge is 0.332 e. The molecule has 2 aliphatic heterocycles. The molecular formula is C17H14ClF3N6O. The van der Waals surface area contributed by atoms with Crippen LogP contribution in [0.2, 0.25) is 5.02 Å². The molecular weight excluding hydrogens is 397 g/mol. The van der Waals surface area contributed by atoms with Crippen molar-refractivity contribution in [3.63, 3.8) is 0 Å². The highest BCUT2D eigenvalue weighted by molar-refractivity contribution is 6.34. The minimum atomic E-state index is -4.63. The third kappa shape index (κ3) is 3.25. The lowest BCUT2D eigenvalue weighted by Gasteiger charge is -2.29. The second-order valence-electron chi connectivity index (χ2n) is 6.19. The Morgan fingerprint density at radius 3 is 2.64 bits per heavy atom. The van der Waals surface area contributed by atoms with Crippen LogP contribution in [0.5, 0.6) is 0 Å². The topological polar surface area (TPSA) is 73.4 Å². The maximum atomic E-state index is 13.1.